The van der Waals surface area contributed by atoms with E-state index < -0.39 is 233 Å². The minimum atomic E-state index is -1.90. The van der Waals surface area contributed by atoms with Gasteiger partial charge in [-0.05, 0) is 124 Å². The average Bonchev–Trinajstić information content (AvgIpc) is 1.67. The Balaban J connectivity index is 0.837. The summed E-state index contributed by atoms with van der Waals surface area (Å²) in [6.45, 7) is 13.7. The molecule has 4 aliphatic carbocycles. The Morgan fingerprint density at radius 1 is 0.473 bits per heavy atom. The molecular formula is C63H106O30. The van der Waals surface area contributed by atoms with Gasteiger partial charge in [-0.3, -0.25) is 0 Å². The van der Waals surface area contributed by atoms with Crippen LogP contribution in [-0.4, -0.2) is 315 Å². The van der Waals surface area contributed by atoms with Gasteiger partial charge in [-0.1, -0.05) is 46.3 Å². The van der Waals surface area contributed by atoms with Crippen LogP contribution in [0.2, 0.25) is 0 Å². The minimum Gasteiger partial charge on any atom is -0.394 e. The number of aliphatic hydroxyl groups is 18. The first kappa shape index (κ1) is 74.2. The molecule has 30 heteroatoms. The van der Waals surface area contributed by atoms with Crippen LogP contribution in [0.5, 0.6) is 0 Å². The lowest BCUT2D eigenvalue weighted by molar-refractivity contribution is -0.395. The summed E-state index contributed by atoms with van der Waals surface area (Å²) >= 11 is 0. The van der Waals surface area contributed by atoms with E-state index in [0.717, 1.165) is 18.4 Å². The number of ether oxygens (including phenoxy) is 12. The molecule has 4 saturated carbocycles. The standard InChI is InChI=1S/C63H106O30/c1-25(2)10-9-14-63(8,93-56-50(81)44(75)42(73)32(89-56)24-85-54-49(80)43(74)33(88-54)23-84-53-47(78)38(69)28(67)21-82-53)26-11-16-62(7)37(26)27(66)18-35-60(5)15-13-36(59(3,4)34(60)12-17-61(35,62)6)90-57-51(45(76)40(71)30(19-64)86-57)92-58-52(46(77)41(72)31(20-65)87-58)91-55-48(79)39(70)29(68)22-83-55/h10,26-58,64-81H,9,11-24H2,1-8H3/t26-,27+,28+,29+,30+,31+,32+,33-,34?,35+,36-,37-,38-,39-,40+,41+,42+,43-,44-,45-,46-,47+,48+,49+,50+,51+,52+,53-,54+,55-,56-,57-,58-,60-,61+,62+,63-/m0/s1. The monoisotopic (exact) mass is 1340 g/mol. The fourth-order valence-corrected chi connectivity index (χ4v) is 18.3. The molecule has 0 aromatic heterocycles. The van der Waals surface area contributed by atoms with Crippen molar-refractivity contribution in [3.8, 4) is 0 Å². The lowest BCUT2D eigenvalue weighted by atomic mass is 9.35. The van der Waals surface area contributed by atoms with Gasteiger partial charge in [0.25, 0.3) is 0 Å². The number of allylic oxidation sites excluding steroid dienone is 2. The van der Waals surface area contributed by atoms with Crippen molar-refractivity contribution >= 4 is 0 Å². The number of hydrogen-bond acceptors (Lipinski definition) is 30. The van der Waals surface area contributed by atoms with E-state index in [2.05, 4.69) is 40.7 Å². The maximum Gasteiger partial charge on any atom is 0.187 e. The first-order chi connectivity index (χ1) is 43.7. The molecule has 30 nitrogen and oxygen atoms in total. The van der Waals surface area contributed by atoms with Crippen LogP contribution in [-0.2, 0) is 56.8 Å². The highest BCUT2D eigenvalue weighted by Crippen LogP contribution is 2.76. The van der Waals surface area contributed by atoms with Gasteiger partial charge in [0.05, 0.1) is 57.5 Å². The van der Waals surface area contributed by atoms with Gasteiger partial charge in [-0.2, -0.15) is 0 Å². The molecule has 0 amide bonds. The number of hydrogen-bond donors (Lipinski definition) is 18. The molecule has 0 bridgehead atoms. The summed E-state index contributed by atoms with van der Waals surface area (Å²) in [6, 6.07) is 0. The van der Waals surface area contributed by atoms with Crippen molar-refractivity contribution in [2.24, 2.45) is 45.3 Å². The highest BCUT2D eigenvalue weighted by atomic mass is 16.8. The molecule has 10 aliphatic rings. The Labute approximate surface area is 540 Å². The zero-order valence-electron chi connectivity index (χ0n) is 54.2. The molecule has 0 radical (unpaired) electrons. The first-order valence-electron chi connectivity index (χ1n) is 33.1. The van der Waals surface area contributed by atoms with Crippen molar-refractivity contribution < 1.29 is 149 Å². The highest BCUT2D eigenvalue weighted by Gasteiger charge is 2.72. The molecule has 0 aromatic rings. The van der Waals surface area contributed by atoms with Gasteiger partial charge in [0.1, 0.15) is 128 Å². The Kier molecular flexibility index (Phi) is 23.1. The number of fused-ring (bicyclic) bond motifs is 5. The first-order valence-corrected chi connectivity index (χ1v) is 33.1. The Morgan fingerprint density at radius 3 is 1.53 bits per heavy atom. The van der Waals surface area contributed by atoms with Crippen molar-refractivity contribution in [1.29, 1.82) is 0 Å². The molecule has 37 atom stereocenters. The fourth-order valence-electron chi connectivity index (χ4n) is 18.3. The Hall–Kier alpha value is -1.46. The van der Waals surface area contributed by atoms with Crippen molar-refractivity contribution in [3.05, 3.63) is 11.6 Å². The van der Waals surface area contributed by atoms with Crippen LogP contribution in [0, 0.1) is 45.3 Å². The van der Waals surface area contributed by atoms with E-state index in [1.807, 2.05) is 20.8 Å². The van der Waals surface area contributed by atoms with Gasteiger partial charge in [0, 0.05) is 0 Å². The molecule has 10 fully saturated rings. The quantitative estimate of drug-likeness (QED) is 0.0403. The predicted molar refractivity (Wildman–Crippen MR) is 313 cm³/mol. The summed E-state index contributed by atoms with van der Waals surface area (Å²) in [5.74, 6) is -0.714. The van der Waals surface area contributed by atoms with Crippen LogP contribution in [0.1, 0.15) is 113 Å². The Bertz CT molecular complexity index is 2480. The van der Waals surface area contributed by atoms with E-state index in [0.29, 0.717) is 44.9 Å². The number of aliphatic hydroxyl groups excluding tert-OH is 18. The number of rotatable bonds is 20. The lowest BCUT2D eigenvalue weighted by Crippen LogP contribution is -2.68. The predicted octanol–water partition coefficient (Wildman–Crippen LogP) is -4.64. The molecule has 18 N–H and O–H groups in total. The van der Waals surface area contributed by atoms with Gasteiger partial charge in [-0.25, -0.2) is 0 Å². The van der Waals surface area contributed by atoms with Crippen LogP contribution < -0.4 is 0 Å². The molecule has 93 heavy (non-hydrogen) atoms. The van der Waals surface area contributed by atoms with E-state index in [1.165, 1.54) is 0 Å². The van der Waals surface area contributed by atoms with E-state index in [4.69, 9.17) is 56.8 Å². The molecule has 6 aliphatic heterocycles. The second-order valence-electron chi connectivity index (χ2n) is 30.0. The molecule has 1 unspecified atom stereocenters. The molecule has 0 spiro atoms. The molecule has 6 saturated heterocycles. The normalized spacial score (nSPS) is 53.1. The molecule has 10 rings (SSSR count). The third-order valence-electron chi connectivity index (χ3n) is 24.0. The molecule has 538 valence electrons. The SMILES string of the molecule is CC(C)=CCC[C@](C)(O[C@@H]1O[C@H](CO[C@@H]2O[C@@H](CO[C@@H]3OC[C@@H](O)[C@H](O)[C@H]3O)[C@H](O)[C@H]2O)[C@@H](O)[C@H](O)[C@H]1O)[C@H]1CC[C@]2(C)[C@@H]1[C@H](O)C[C@@H]1[C@@]3(C)CC[C@H](O[C@@H]4O[C@H](CO)[C@@H](O)[C@H](O)[C@H]4O[C@@H]4O[C@H](CO)[C@@H](O)[C@H](O)[C@H]4O[C@@H]4OC[C@@H](O)[C@H](O)[C@H]4O)C(C)(C)C3CC[C@]12C. The van der Waals surface area contributed by atoms with Crippen molar-refractivity contribution in [2.75, 3.05) is 39.6 Å². The van der Waals surface area contributed by atoms with Crippen molar-refractivity contribution in [2.45, 2.75) is 297 Å². The minimum absolute atomic E-state index is 0.0257. The van der Waals surface area contributed by atoms with Crippen LogP contribution in [0.25, 0.3) is 0 Å². The van der Waals surface area contributed by atoms with E-state index >= 15 is 0 Å². The third-order valence-corrected chi connectivity index (χ3v) is 24.0. The molecular weight excluding hydrogens is 1240 g/mol. The van der Waals surface area contributed by atoms with Crippen LogP contribution >= 0.6 is 0 Å². The smallest absolute Gasteiger partial charge is 0.187 e. The summed E-state index contributed by atoms with van der Waals surface area (Å²) in [6.07, 6.45) is -37.7. The second kappa shape index (κ2) is 28.9. The van der Waals surface area contributed by atoms with Gasteiger partial charge < -0.3 is 149 Å². The largest absolute Gasteiger partial charge is 0.394 e. The summed E-state index contributed by atoms with van der Waals surface area (Å²) in [4.78, 5) is 0. The summed E-state index contributed by atoms with van der Waals surface area (Å²) in [5.41, 5.74) is -1.95. The second-order valence-corrected chi connectivity index (χ2v) is 30.0. The topological polar surface area (TPSA) is 475 Å². The van der Waals surface area contributed by atoms with E-state index in [9.17, 15) is 91.9 Å². The van der Waals surface area contributed by atoms with E-state index in [-0.39, 0.29) is 35.7 Å². The molecule has 0 aromatic carbocycles. The zero-order chi connectivity index (χ0) is 67.9. The maximum absolute atomic E-state index is 13.0. The summed E-state index contributed by atoms with van der Waals surface area (Å²) in [5, 5.41) is 197. The van der Waals surface area contributed by atoms with Gasteiger partial charge in [0.15, 0.2) is 37.7 Å². The zero-order valence-corrected chi connectivity index (χ0v) is 54.2. The summed E-state index contributed by atoms with van der Waals surface area (Å²) < 4.78 is 72.4. The van der Waals surface area contributed by atoms with Gasteiger partial charge in [-0.15, -0.1) is 0 Å². The van der Waals surface area contributed by atoms with Crippen molar-refractivity contribution in [1.82, 2.24) is 0 Å². The highest BCUT2D eigenvalue weighted by molar-refractivity contribution is 5.21. The molecule has 6 heterocycles. The van der Waals surface area contributed by atoms with Gasteiger partial charge in [0.2, 0.25) is 0 Å². The van der Waals surface area contributed by atoms with Crippen LogP contribution in [0.15, 0.2) is 11.6 Å². The van der Waals surface area contributed by atoms with Crippen molar-refractivity contribution in [3.63, 3.8) is 0 Å². The van der Waals surface area contributed by atoms with Crippen LogP contribution in [0.3, 0.4) is 0 Å². The summed E-state index contributed by atoms with van der Waals surface area (Å²) in [7, 11) is 0. The fraction of sp³-hybridized carbons (Fsp3) is 0.968. The average molecular weight is 1340 g/mol. The third kappa shape index (κ3) is 13.7. The lowest BCUT2D eigenvalue weighted by Gasteiger charge is -2.71. The van der Waals surface area contributed by atoms with Crippen LogP contribution in [0.4, 0.5) is 0 Å². The van der Waals surface area contributed by atoms with Gasteiger partial charge >= 0.3 is 0 Å². The Morgan fingerprint density at radius 2 is 0.946 bits per heavy atom. The maximum atomic E-state index is 13.0. The van der Waals surface area contributed by atoms with E-state index in [1.54, 1.807) is 0 Å².